The Kier molecular flexibility index (Phi) is 3.46. The number of nitrogens with zero attached hydrogens (tertiary/aromatic N) is 1. The second-order valence-corrected chi connectivity index (χ2v) is 4.32. The molecule has 1 aromatic heterocycles. The quantitative estimate of drug-likeness (QED) is 0.867. The lowest BCUT2D eigenvalue weighted by molar-refractivity contribution is 0.0698. The molecule has 0 amide bonds. The van der Waals surface area contributed by atoms with E-state index in [4.69, 9.17) is 5.11 Å². The molecule has 4 nitrogen and oxygen atoms in total. The minimum Gasteiger partial charge on any atom is -0.478 e. The number of anilines is 1. The average molecular weight is 244 g/mol. The van der Waals surface area contributed by atoms with Crippen molar-refractivity contribution in [1.29, 1.82) is 0 Å². The van der Waals surface area contributed by atoms with Gasteiger partial charge in [0.05, 0.1) is 5.56 Å². The number of carboxylic acid groups (broad SMARTS) is 1. The largest absolute Gasteiger partial charge is 0.478 e. The first kappa shape index (κ1) is 12.4. The summed E-state index contributed by atoms with van der Waals surface area (Å²) in [5.74, 6) is -0.210. The highest BCUT2D eigenvalue weighted by Gasteiger charge is 2.12. The molecule has 0 radical (unpaired) electrons. The fourth-order valence-corrected chi connectivity index (χ4v) is 1.81. The highest BCUT2D eigenvalue weighted by molar-refractivity contribution is 6.06. The van der Waals surface area contributed by atoms with E-state index in [2.05, 4.69) is 24.1 Å². The van der Waals surface area contributed by atoms with Crippen molar-refractivity contribution < 1.29 is 9.90 Å². The van der Waals surface area contributed by atoms with Crippen LogP contribution >= 0.6 is 0 Å². The summed E-state index contributed by atoms with van der Waals surface area (Å²) in [6, 6.07) is 7.72. The zero-order chi connectivity index (χ0) is 13.1. The predicted molar refractivity (Wildman–Crippen MR) is 72.1 cm³/mol. The summed E-state index contributed by atoms with van der Waals surface area (Å²) in [7, 11) is 0. The molecule has 0 spiro atoms. The molecule has 1 heterocycles. The maximum Gasteiger partial charge on any atom is 0.337 e. The molecule has 0 aliphatic rings. The number of benzene rings is 1. The fourth-order valence-electron chi connectivity index (χ4n) is 1.81. The Morgan fingerprint density at radius 3 is 2.67 bits per heavy atom. The van der Waals surface area contributed by atoms with Gasteiger partial charge in [-0.05, 0) is 13.3 Å². The molecule has 94 valence electrons. The van der Waals surface area contributed by atoms with Crippen LogP contribution in [-0.4, -0.2) is 22.1 Å². The van der Waals surface area contributed by atoms with Gasteiger partial charge in [0.2, 0.25) is 0 Å². The van der Waals surface area contributed by atoms with Gasteiger partial charge < -0.3 is 10.4 Å². The molecule has 1 aromatic carbocycles. The third-order valence-electron chi connectivity index (χ3n) is 3.02. The Bertz CT molecular complexity index is 581. The van der Waals surface area contributed by atoms with Crippen LogP contribution in [0.4, 0.5) is 5.82 Å². The second kappa shape index (κ2) is 5.04. The molecule has 4 heteroatoms. The molecule has 0 fully saturated rings. The Labute approximate surface area is 106 Å². The van der Waals surface area contributed by atoms with Crippen LogP contribution in [0, 0.1) is 0 Å². The lowest BCUT2D eigenvalue weighted by Crippen LogP contribution is -2.15. The van der Waals surface area contributed by atoms with Crippen molar-refractivity contribution >= 4 is 22.6 Å². The van der Waals surface area contributed by atoms with Crippen LogP contribution in [0.1, 0.15) is 30.6 Å². The minimum atomic E-state index is -0.950. The topological polar surface area (TPSA) is 62.2 Å². The SMILES string of the molecule is CCC(C)Nc1ncc(C(=O)O)c2ccccc12. The third-order valence-corrected chi connectivity index (χ3v) is 3.02. The number of aromatic carboxylic acids is 1. The maximum absolute atomic E-state index is 11.1. The smallest absolute Gasteiger partial charge is 0.337 e. The molecule has 2 N–H and O–H groups in total. The zero-order valence-corrected chi connectivity index (χ0v) is 10.5. The summed E-state index contributed by atoms with van der Waals surface area (Å²) >= 11 is 0. The van der Waals surface area contributed by atoms with Crippen molar-refractivity contribution in [2.45, 2.75) is 26.3 Å². The molecule has 18 heavy (non-hydrogen) atoms. The Morgan fingerprint density at radius 1 is 1.39 bits per heavy atom. The van der Waals surface area contributed by atoms with Gasteiger partial charge in [-0.2, -0.15) is 0 Å². The summed E-state index contributed by atoms with van der Waals surface area (Å²) in [5.41, 5.74) is 0.236. The third kappa shape index (κ3) is 2.27. The molecule has 2 rings (SSSR count). The van der Waals surface area contributed by atoms with Gasteiger partial charge in [-0.25, -0.2) is 9.78 Å². The first-order valence-corrected chi connectivity index (χ1v) is 6.01. The summed E-state index contributed by atoms with van der Waals surface area (Å²) in [4.78, 5) is 15.4. The summed E-state index contributed by atoms with van der Waals surface area (Å²) in [5, 5.41) is 14.0. The maximum atomic E-state index is 11.1. The average Bonchev–Trinajstić information content (AvgIpc) is 2.38. The number of carbonyl (C=O) groups is 1. The number of carboxylic acids is 1. The van der Waals surface area contributed by atoms with E-state index in [1.807, 2.05) is 24.3 Å². The number of nitrogens with one attached hydrogen (secondary N) is 1. The van der Waals surface area contributed by atoms with Crippen LogP contribution < -0.4 is 5.32 Å². The highest BCUT2D eigenvalue weighted by Crippen LogP contribution is 2.25. The van der Waals surface area contributed by atoms with E-state index in [9.17, 15) is 4.79 Å². The van der Waals surface area contributed by atoms with Gasteiger partial charge in [-0.3, -0.25) is 0 Å². The first-order valence-electron chi connectivity index (χ1n) is 6.01. The van der Waals surface area contributed by atoms with Crippen LogP contribution in [0.2, 0.25) is 0 Å². The van der Waals surface area contributed by atoms with Crippen molar-refractivity contribution in [2.24, 2.45) is 0 Å². The lowest BCUT2D eigenvalue weighted by atomic mass is 10.1. The van der Waals surface area contributed by atoms with Crippen molar-refractivity contribution in [3.8, 4) is 0 Å². The molecule has 0 aliphatic heterocycles. The monoisotopic (exact) mass is 244 g/mol. The normalized spacial score (nSPS) is 12.3. The molecule has 1 atom stereocenters. The van der Waals surface area contributed by atoms with E-state index in [0.29, 0.717) is 11.4 Å². The zero-order valence-electron chi connectivity index (χ0n) is 10.5. The van der Waals surface area contributed by atoms with Crippen LogP contribution in [-0.2, 0) is 0 Å². The highest BCUT2D eigenvalue weighted by atomic mass is 16.4. The molecular formula is C14H16N2O2. The van der Waals surface area contributed by atoms with Crippen molar-refractivity contribution in [3.63, 3.8) is 0 Å². The standard InChI is InChI=1S/C14H16N2O2/c1-3-9(2)16-13-11-7-5-4-6-10(11)12(8-15-13)14(17)18/h4-9H,3H2,1-2H3,(H,15,16)(H,17,18). The Hall–Kier alpha value is -2.10. The van der Waals surface area contributed by atoms with E-state index in [1.54, 1.807) is 0 Å². The van der Waals surface area contributed by atoms with Crippen molar-refractivity contribution in [1.82, 2.24) is 4.98 Å². The van der Waals surface area contributed by atoms with E-state index >= 15 is 0 Å². The number of aromatic nitrogens is 1. The van der Waals surface area contributed by atoms with E-state index in [1.165, 1.54) is 6.20 Å². The molecule has 0 bridgehead atoms. The van der Waals surface area contributed by atoms with E-state index in [0.717, 1.165) is 17.6 Å². The Morgan fingerprint density at radius 2 is 2.06 bits per heavy atom. The van der Waals surface area contributed by atoms with Gasteiger partial charge in [0.25, 0.3) is 0 Å². The number of hydrogen-bond acceptors (Lipinski definition) is 3. The minimum absolute atomic E-state index is 0.236. The number of fused-ring (bicyclic) bond motifs is 1. The van der Waals surface area contributed by atoms with Gasteiger partial charge in [0.15, 0.2) is 0 Å². The van der Waals surface area contributed by atoms with Crippen LogP contribution in [0.3, 0.4) is 0 Å². The van der Waals surface area contributed by atoms with Gasteiger partial charge >= 0.3 is 5.97 Å². The molecule has 1 unspecified atom stereocenters. The molecule has 0 saturated carbocycles. The fraction of sp³-hybridized carbons (Fsp3) is 0.286. The summed E-state index contributed by atoms with van der Waals surface area (Å²) in [6.45, 7) is 4.16. The predicted octanol–water partition coefficient (Wildman–Crippen LogP) is 3.14. The molecule has 0 aliphatic carbocycles. The van der Waals surface area contributed by atoms with Gasteiger partial charge in [0.1, 0.15) is 5.82 Å². The molecule has 2 aromatic rings. The summed E-state index contributed by atoms with van der Waals surface area (Å²) < 4.78 is 0. The van der Waals surface area contributed by atoms with Crippen molar-refractivity contribution in [2.75, 3.05) is 5.32 Å². The lowest BCUT2D eigenvalue weighted by Gasteiger charge is -2.14. The molecule has 0 saturated heterocycles. The number of rotatable bonds is 4. The summed E-state index contributed by atoms with van der Waals surface area (Å²) in [6.07, 6.45) is 2.39. The van der Waals surface area contributed by atoms with Crippen molar-refractivity contribution in [3.05, 3.63) is 36.0 Å². The van der Waals surface area contributed by atoms with Gasteiger partial charge in [-0.1, -0.05) is 31.2 Å². The Balaban J connectivity index is 2.57. The van der Waals surface area contributed by atoms with Crippen LogP contribution in [0.15, 0.2) is 30.5 Å². The van der Waals surface area contributed by atoms with Gasteiger partial charge in [0, 0.05) is 23.0 Å². The van der Waals surface area contributed by atoms with Crippen LogP contribution in [0.25, 0.3) is 10.8 Å². The second-order valence-electron chi connectivity index (χ2n) is 4.32. The van der Waals surface area contributed by atoms with E-state index in [-0.39, 0.29) is 5.56 Å². The van der Waals surface area contributed by atoms with Gasteiger partial charge in [-0.15, -0.1) is 0 Å². The number of pyridine rings is 1. The first-order chi connectivity index (χ1) is 8.63. The van der Waals surface area contributed by atoms with Crippen LogP contribution in [0.5, 0.6) is 0 Å². The molecular weight excluding hydrogens is 228 g/mol. The number of hydrogen-bond donors (Lipinski definition) is 2. The van der Waals surface area contributed by atoms with E-state index < -0.39 is 5.97 Å².